The summed E-state index contributed by atoms with van der Waals surface area (Å²) in [7, 11) is 0. The molecule has 5 rings (SSSR count). The molecule has 0 aliphatic carbocycles. The van der Waals surface area contributed by atoms with E-state index in [2.05, 4.69) is 0 Å². The molecule has 1 amide bonds. The highest BCUT2D eigenvalue weighted by Crippen LogP contribution is 2.41. The Balaban J connectivity index is 1.83. The number of fused-ring (bicyclic) bond motifs is 2. The van der Waals surface area contributed by atoms with Crippen molar-refractivity contribution in [2.45, 2.75) is 26.8 Å². The van der Waals surface area contributed by atoms with Gasteiger partial charge in [0.05, 0.1) is 17.0 Å². The van der Waals surface area contributed by atoms with Crippen LogP contribution in [0.3, 0.4) is 0 Å². The van der Waals surface area contributed by atoms with Gasteiger partial charge in [-0.05, 0) is 79.4 Å². The Morgan fingerprint density at radius 3 is 2.32 bits per heavy atom. The molecule has 4 aromatic rings. The number of aryl methyl sites for hydroxylation is 3. The minimum absolute atomic E-state index is 0.0385. The number of carbonyl (C=O) groups excluding carboxylic acids is 1. The van der Waals surface area contributed by atoms with Gasteiger partial charge in [0, 0.05) is 5.69 Å². The molecule has 1 atom stereocenters. The molecular formula is C26H20FNO3. The molecular weight excluding hydrogens is 393 g/mol. The van der Waals surface area contributed by atoms with Crippen LogP contribution in [0, 0.1) is 26.6 Å². The lowest BCUT2D eigenvalue weighted by molar-refractivity contribution is 0.0971. The molecule has 1 aliphatic rings. The van der Waals surface area contributed by atoms with E-state index < -0.39 is 6.04 Å². The second-order valence-corrected chi connectivity index (χ2v) is 8.07. The van der Waals surface area contributed by atoms with Gasteiger partial charge in [-0.3, -0.25) is 14.5 Å². The lowest BCUT2D eigenvalue weighted by Crippen LogP contribution is -2.29. The minimum Gasteiger partial charge on any atom is -0.450 e. The predicted molar refractivity (Wildman–Crippen MR) is 118 cm³/mol. The quantitative estimate of drug-likeness (QED) is 0.429. The third-order valence-corrected chi connectivity index (χ3v) is 5.95. The summed E-state index contributed by atoms with van der Waals surface area (Å²) in [5.41, 5.74) is 4.67. The summed E-state index contributed by atoms with van der Waals surface area (Å²) in [4.78, 5) is 28.7. The largest absolute Gasteiger partial charge is 0.450 e. The van der Waals surface area contributed by atoms with Crippen LogP contribution < -0.4 is 10.3 Å². The van der Waals surface area contributed by atoms with Crippen LogP contribution in [0.15, 0.2) is 69.9 Å². The topological polar surface area (TPSA) is 50.5 Å². The van der Waals surface area contributed by atoms with E-state index in [9.17, 15) is 14.0 Å². The lowest BCUT2D eigenvalue weighted by Gasteiger charge is -2.25. The van der Waals surface area contributed by atoms with E-state index in [1.165, 1.54) is 12.1 Å². The van der Waals surface area contributed by atoms with Crippen LogP contribution in [-0.4, -0.2) is 5.91 Å². The predicted octanol–water partition coefficient (Wildman–Crippen LogP) is 5.61. The molecule has 2 heterocycles. The minimum atomic E-state index is -0.702. The van der Waals surface area contributed by atoms with Gasteiger partial charge in [0.2, 0.25) is 5.76 Å². The molecule has 0 N–H and O–H groups in total. The van der Waals surface area contributed by atoms with Crippen LogP contribution in [0.5, 0.6) is 0 Å². The molecule has 154 valence electrons. The number of nitrogens with zero attached hydrogens (tertiary/aromatic N) is 1. The molecule has 1 aromatic heterocycles. The van der Waals surface area contributed by atoms with E-state index in [1.54, 1.807) is 29.2 Å². The van der Waals surface area contributed by atoms with Crippen LogP contribution in [-0.2, 0) is 0 Å². The van der Waals surface area contributed by atoms with E-state index in [-0.39, 0.29) is 28.5 Å². The van der Waals surface area contributed by atoms with Crippen LogP contribution in [0.1, 0.15) is 44.4 Å². The van der Waals surface area contributed by atoms with Gasteiger partial charge in [-0.2, -0.15) is 0 Å². The monoisotopic (exact) mass is 413 g/mol. The molecule has 1 unspecified atom stereocenters. The van der Waals surface area contributed by atoms with Gasteiger partial charge >= 0.3 is 0 Å². The average molecular weight is 413 g/mol. The van der Waals surface area contributed by atoms with Crippen molar-refractivity contribution in [2.24, 2.45) is 0 Å². The first-order chi connectivity index (χ1) is 14.8. The van der Waals surface area contributed by atoms with Crippen LogP contribution in [0.2, 0.25) is 0 Å². The number of amides is 1. The summed E-state index contributed by atoms with van der Waals surface area (Å²) in [6.07, 6.45) is 0. The van der Waals surface area contributed by atoms with Gasteiger partial charge in [-0.1, -0.05) is 24.3 Å². The number of halogens is 1. The van der Waals surface area contributed by atoms with Crippen molar-refractivity contribution in [3.05, 3.63) is 110 Å². The van der Waals surface area contributed by atoms with E-state index in [1.807, 2.05) is 45.0 Å². The maximum atomic E-state index is 13.6. The molecule has 3 aromatic carbocycles. The third-order valence-electron chi connectivity index (χ3n) is 5.95. The smallest absolute Gasteiger partial charge is 0.295 e. The number of carbonyl (C=O) groups is 1. The summed E-state index contributed by atoms with van der Waals surface area (Å²) in [6, 6.07) is 16.3. The zero-order valence-electron chi connectivity index (χ0n) is 17.4. The zero-order valence-corrected chi connectivity index (χ0v) is 17.4. The summed E-state index contributed by atoms with van der Waals surface area (Å²) < 4.78 is 19.7. The highest BCUT2D eigenvalue weighted by Gasteiger charge is 2.43. The summed E-state index contributed by atoms with van der Waals surface area (Å²) in [5.74, 6) is -0.726. The van der Waals surface area contributed by atoms with Gasteiger partial charge in [0.25, 0.3) is 5.91 Å². The Morgan fingerprint density at radius 1 is 0.903 bits per heavy atom. The maximum absolute atomic E-state index is 13.6. The molecule has 0 spiro atoms. The molecule has 0 bridgehead atoms. The number of anilines is 1. The van der Waals surface area contributed by atoms with Crippen molar-refractivity contribution in [1.29, 1.82) is 0 Å². The molecule has 0 saturated heterocycles. The Hall–Kier alpha value is -3.73. The van der Waals surface area contributed by atoms with Crippen molar-refractivity contribution in [3.63, 3.8) is 0 Å². The average Bonchev–Trinajstić information content (AvgIpc) is 3.03. The second-order valence-electron chi connectivity index (χ2n) is 8.07. The Labute approximate surface area is 178 Å². The fourth-order valence-corrected chi connectivity index (χ4v) is 4.23. The number of hydrogen-bond acceptors (Lipinski definition) is 3. The summed E-state index contributed by atoms with van der Waals surface area (Å²) in [6.45, 7) is 5.81. The van der Waals surface area contributed by atoms with Crippen LogP contribution in [0.4, 0.5) is 10.1 Å². The highest BCUT2D eigenvalue weighted by atomic mass is 19.1. The molecule has 1 aliphatic heterocycles. The molecule has 0 fully saturated rings. The van der Waals surface area contributed by atoms with Crippen molar-refractivity contribution in [2.75, 3.05) is 4.90 Å². The van der Waals surface area contributed by atoms with Crippen molar-refractivity contribution in [3.8, 4) is 0 Å². The van der Waals surface area contributed by atoms with Gasteiger partial charge in [0.1, 0.15) is 11.4 Å². The fourth-order valence-electron chi connectivity index (χ4n) is 4.23. The number of benzene rings is 3. The first-order valence-corrected chi connectivity index (χ1v) is 10.1. The highest BCUT2D eigenvalue weighted by molar-refractivity contribution is 6.10. The van der Waals surface area contributed by atoms with E-state index in [0.717, 1.165) is 16.7 Å². The Bertz CT molecular complexity index is 1420. The molecule has 4 nitrogen and oxygen atoms in total. The van der Waals surface area contributed by atoms with Gasteiger partial charge in [-0.15, -0.1) is 0 Å². The van der Waals surface area contributed by atoms with E-state index in [4.69, 9.17) is 4.42 Å². The normalized spacial score (nSPS) is 15.5. The molecule has 31 heavy (non-hydrogen) atoms. The first kappa shape index (κ1) is 19.2. The third kappa shape index (κ3) is 2.96. The zero-order chi connectivity index (χ0) is 21.9. The van der Waals surface area contributed by atoms with Crippen LogP contribution in [0.25, 0.3) is 11.0 Å². The number of hydrogen-bond donors (Lipinski definition) is 0. The Kier molecular flexibility index (Phi) is 4.29. The molecule has 0 saturated carbocycles. The van der Waals surface area contributed by atoms with Gasteiger partial charge in [0.15, 0.2) is 5.43 Å². The molecule has 5 heteroatoms. The fraction of sp³-hybridized carbons (Fsp3) is 0.154. The van der Waals surface area contributed by atoms with Gasteiger partial charge < -0.3 is 4.42 Å². The van der Waals surface area contributed by atoms with Crippen LogP contribution >= 0.6 is 0 Å². The first-order valence-electron chi connectivity index (χ1n) is 10.1. The standard InChI is InChI=1S/C26H20FNO3/c1-14-5-4-6-19(11-14)28-23(17-7-9-18(27)10-8-17)22-24(29)20-12-15(2)16(3)13-21(20)31-25(22)26(28)30/h4-13,23H,1-3H3. The lowest BCUT2D eigenvalue weighted by atomic mass is 9.97. The van der Waals surface area contributed by atoms with Gasteiger partial charge in [-0.25, -0.2) is 4.39 Å². The van der Waals surface area contributed by atoms with E-state index in [0.29, 0.717) is 22.2 Å². The van der Waals surface area contributed by atoms with Crippen molar-refractivity contribution >= 4 is 22.6 Å². The van der Waals surface area contributed by atoms with Crippen molar-refractivity contribution < 1.29 is 13.6 Å². The maximum Gasteiger partial charge on any atom is 0.295 e. The SMILES string of the molecule is Cc1cccc(N2C(=O)c3oc4cc(C)c(C)cc4c(=O)c3C2c2ccc(F)cc2)c1. The molecule has 0 radical (unpaired) electrons. The number of rotatable bonds is 2. The van der Waals surface area contributed by atoms with E-state index >= 15 is 0 Å². The Morgan fingerprint density at radius 2 is 1.61 bits per heavy atom. The van der Waals surface area contributed by atoms with Crippen molar-refractivity contribution in [1.82, 2.24) is 0 Å². The second kappa shape index (κ2) is 6.91. The summed E-state index contributed by atoms with van der Waals surface area (Å²) in [5, 5.41) is 0.438. The summed E-state index contributed by atoms with van der Waals surface area (Å²) >= 11 is 0.